The topological polar surface area (TPSA) is 180 Å². The van der Waals surface area contributed by atoms with Crippen molar-refractivity contribution in [2.75, 3.05) is 0 Å². The van der Waals surface area contributed by atoms with Crippen LogP contribution < -0.4 is 0 Å². The fraction of sp³-hybridized carbons (Fsp3) is 0.441. The number of hydrogen-bond donors (Lipinski definition) is 5. The van der Waals surface area contributed by atoms with Gasteiger partial charge >= 0.3 is 25.0 Å². The molecule has 4 aromatic rings. The number of aliphatic hydroxyl groups excluding tert-OH is 3. The maximum Gasteiger partial charge on any atom is 0.490 e. The minimum absolute atomic E-state index is 0. The van der Waals surface area contributed by atoms with E-state index in [1.165, 1.54) is 0 Å². The van der Waals surface area contributed by atoms with Gasteiger partial charge in [0.05, 0.1) is 11.2 Å². The highest BCUT2D eigenvalue weighted by Gasteiger charge is 2.53. The minimum Gasteiger partial charge on any atom is -0.479 e. The highest BCUT2D eigenvalue weighted by molar-refractivity contribution is 9.10. The average Bonchev–Trinajstić information content (AvgIpc) is 3.63. The number of esters is 1. The molecule has 1 aliphatic heterocycles. The summed E-state index contributed by atoms with van der Waals surface area (Å²) in [5.41, 5.74) is 6.76. The number of aliphatic carboxylic acids is 2. The predicted octanol–water partition coefficient (Wildman–Crippen LogP) is 12.8. The normalized spacial score (nSPS) is 19.5. The second-order valence-corrected chi connectivity index (χ2v) is 21.4. The van der Waals surface area contributed by atoms with Crippen molar-refractivity contribution in [3.05, 3.63) is 165 Å². The molecule has 8 rings (SSSR count). The third kappa shape index (κ3) is 20.6. The summed E-state index contributed by atoms with van der Waals surface area (Å²) in [5.74, 6) is -10.9. The molecule has 0 spiro atoms. The molecule has 0 saturated carbocycles. The fourth-order valence-electron chi connectivity index (χ4n) is 8.22. The van der Waals surface area contributed by atoms with Crippen LogP contribution in [0.15, 0.2) is 131 Å². The molecule has 0 amide bonds. The molecule has 1 fully saturated rings. The van der Waals surface area contributed by atoms with Crippen molar-refractivity contribution >= 4 is 52.1 Å². The molecule has 5 N–H and O–H groups in total. The predicted molar refractivity (Wildman–Crippen MR) is 291 cm³/mol. The van der Waals surface area contributed by atoms with Crippen LogP contribution in [0.4, 0.5) is 26.3 Å². The molecule has 0 bridgehead atoms. The van der Waals surface area contributed by atoms with Gasteiger partial charge in [-0.05, 0) is 109 Å². The SMILES string of the molecule is C.CC1(C)OB(C2=CCC(F)(F)CC2)OC1(C)C.O=C(O)[C@H](O)Cc1ccc(Br)cc1.O=C(O)[C@H](O)Cc1ccc(C2=CCC(F)(F)CC2)cc1.O=C(OCc1ccccc1)[C@H](O)Cc1ccc(C2=CCC(F)(F)CC2)cc1. The Morgan fingerprint density at radius 3 is 1.28 bits per heavy atom. The van der Waals surface area contributed by atoms with Crippen molar-refractivity contribution in [2.45, 2.75) is 166 Å². The Morgan fingerprint density at radius 2 is 0.923 bits per heavy atom. The molecule has 3 atom stereocenters. The van der Waals surface area contributed by atoms with E-state index >= 15 is 0 Å². The molecule has 11 nitrogen and oxygen atoms in total. The number of ether oxygens (including phenoxy) is 1. The van der Waals surface area contributed by atoms with Crippen LogP contribution in [0.2, 0.25) is 0 Å². The quantitative estimate of drug-likeness (QED) is 0.0461. The van der Waals surface area contributed by atoms with E-state index in [1.807, 2.05) is 82.3 Å². The zero-order valence-electron chi connectivity index (χ0n) is 43.4. The summed E-state index contributed by atoms with van der Waals surface area (Å²) in [5, 5.41) is 45.4. The van der Waals surface area contributed by atoms with E-state index in [4.69, 9.17) is 29.4 Å². The fourth-order valence-corrected chi connectivity index (χ4v) is 8.48. The largest absolute Gasteiger partial charge is 0.490 e. The smallest absolute Gasteiger partial charge is 0.479 e. The number of benzene rings is 4. The van der Waals surface area contributed by atoms with Gasteiger partial charge in [0.1, 0.15) is 6.61 Å². The third-order valence-corrected chi connectivity index (χ3v) is 14.3. The van der Waals surface area contributed by atoms with Gasteiger partial charge in [0, 0.05) is 62.3 Å². The molecule has 424 valence electrons. The van der Waals surface area contributed by atoms with Gasteiger partial charge in [-0.25, -0.2) is 40.7 Å². The maximum absolute atomic E-state index is 13.2. The third-order valence-electron chi connectivity index (χ3n) is 13.7. The highest BCUT2D eigenvalue weighted by atomic mass is 79.9. The first-order chi connectivity index (χ1) is 36.0. The van der Waals surface area contributed by atoms with Crippen LogP contribution in [-0.4, -0.2) is 97.8 Å². The van der Waals surface area contributed by atoms with Crippen molar-refractivity contribution in [3.8, 4) is 0 Å². The number of aliphatic hydroxyl groups is 3. The first-order valence-corrected chi connectivity index (χ1v) is 26.0. The number of carboxylic acid groups (broad SMARTS) is 2. The number of allylic oxidation sites excluding steroid dienone is 6. The lowest BCUT2D eigenvalue weighted by Crippen LogP contribution is -2.41. The first-order valence-electron chi connectivity index (χ1n) is 25.2. The molecule has 4 aliphatic rings. The van der Waals surface area contributed by atoms with Gasteiger partial charge in [0.25, 0.3) is 17.8 Å². The van der Waals surface area contributed by atoms with E-state index in [-0.39, 0.29) is 71.8 Å². The summed E-state index contributed by atoms with van der Waals surface area (Å²) in [4.78, 5) is 32.8. The van der Waals surface area contributed by atoms with E-state index in [1.54, 1.807) is 66.8 Å². The van der Waals surface area contributed by atoms with Gasteiger partial charge < -0.3 is 39.6 Å². The van der Waals surface area contributed by atoms with Crippen molar-refractivity contribution in [1.82, 2.24) is 0 Å². The van der Waals surface area contributed by atoms with Crippen LogP contribution in [-0.2, 0) is 54.3 Å². The number of carbonyl (C=O) groups is 3. The summed E-state index contributed by atoms with van der Waals surface area (Å²) < 4.78 is 96.4. The van der Waals surface area contributed by atoms with Crippen LogP contribution in [0.5, 0.6) is 0 Å². The first kappa shape index (κ1) is 65.0. The maximum atomic E-state index is 13.2. The molecule has 1 saturated heterocycles. The van der Waals surface area contributed by atoms with Crippen LogP contribution in [0.25, 0.3) is 11.1 Å². The van der Waals surface area contributed by atoms with Crippen molar-refractivity contribution < 1.29 is 80.3 Å². The Labute approximate surface area is 461 Å². The Hall–Kier alpha value is -5.57. The molecular weight excluding hydrogens is 1090 g/mol. The second kappa shape index (κ2) is 28.5. The molecule has 78 heavy (non-hydrogen) atoms. The molecule has 3 aliphatic carbocycles. The highest BCUT2D eigenvalue weighted by Crippen LogP contribution is 2.42. The van der Waals surface area contributed by atoms with Crippen molar-refractivity contribution in [1.29, 1.82) is 0 Å². The number of rotatable bonds is 14. The lowest BCUT2D eigenvalue weighted by molar-refractivity contribution is -0.154. The lowest BCUT2D eigenvalue weighted by Gasteiger charge is -2.32. The molecule has 19 heteroatoms. The second-order valence-electron chi connectivity index (χ2n) is 20.5. The number of carboxylic acids is 2. The van der Waals surface area contributed by atoms with Crippen LogP contribution in [0, 0.1) is 0 Å². The molecule has 0 aromatic heterocycles. The molecule has 0 unspecified atom stereocenters. The average molecular weight is 1160 g/mol. The zero-order chi connectivity index (χ0) is 56.8. The van der Waals surface area contributed by atoms with Crippen molar-refractivity contribution in [3.63, 3.8) is 0 Å². The van der Waals surface area contributed by atoms with Crippen molar-refractivity contribution in [2.24, 2.45) is 0 Å². The molecular formula is C59H70BBrF6O11. The molecule has 4 aromatic carbocycles. The number of alkyl halides is 6. The standard InChI is InChI=1S/C22H22F2O3.C15H16F2O3.C12H19BF2O2.C9H9BrO3.CH4/c23-22(24)12-10-19(11-13-22)18-8-6-16(7-9-18)14-20(25)21(26)27-15-17-4-2-1-3-5-17;16-15(17)7-5-12(6-8-15)11-3-1-10(2-4-11)9-13(18)14(19)20;1-10(2)11(3,4)17-13(16-10)9-5-7-12(14,15)8-6-9;10-7-3-1-6(2-4-7)5-8(11)9(12)13;/h1-10,20,25H,11-15H2;1-5,13,18H,6-9H2,(H,19,20);5H,6-8H2,1-4H3;1-4,8,11H,5H2,(H,12,13);1H4/t20-;13-;;8-;/m11.1./s1. The number of hydrogen-bond acceptors (Lipinski definition) is 9. The van der Waals surface area contributed by atoms with Crippen LogP contribution >= 0.6 is 15.9 Å². The summed E-state index contributed by atoms with van der Waals surface area (Å²) in [7, 11) is -0.462. The molecule has 0 radical (unpaired) electrons. The minimum atomic E-state index is -2.60. The number of halogens is 7. The summed E-state index contributed by atoms with van der Waals surface area (Å²) in [6.07, 6.45) is 1.05. The van der Waals surface area contributed by atoms with Gasteiger partial charge in [0.2, 0.25) is 0 Å². The van der Waals surface area contributed by atoms with E-state index in [9.17, 15) is 50.9 Å². The summed E-state index contributed by atoms with van der Waals surface area (Å²) in [6.45, 7) is 7.97. The Morgan fingerprint density at radius 1 is 0.551 bits per heavy atom. The number of carbonyl (C=O) groups excluding carboxylic acids is 1. The van der Waals surface area contributed by atoms with Crippen LogP contribution in [0.3, 0.4) is 0 Å². The van der Waals surface area contributed by atoms with E-state index in [0.29, 0.717) is 24.8 Å². The molecule has 1 heterocycles. The Balaban J connectivity index is 0.000000231. The van der Waals surface area contributed by atoms with Gasteiger partial charge in [-0.2, -0.15) is 0 Å². The summed E-state index contributed by atoms with van der Waals surface area (Å²) in [6, 6.07) is 30.7. The van der Waals surface area contributed by atoms with Gasteiger partial charge in [-0.1, -0.05) is 133 Å². The Kier molecular flexibility index (Phi) is 23.8. The van der Waals surface area contributed by atoms with Gasteiger partial charge in [-0.3, -0.25) is 0 Å². The van der Waals surface area contributed by atoms with E-state index in [2.05, 4.69) is 15.9 Å². The van der Waals surface area contributed by atoms with E-state index < -0.39 is 72.3 Å². The summed E-state index contributed by atoms with van der Waals surface area (Å²) >= 11 is 3.26. The lowest BCUT2D eigenvalue weighted by atomic mass is 9.72. The monoisotopic (exact) mass is 1160 g/mol. The van der Waals surface area contributed by atoms with Crippen LogP contribution in [0.1, 0.15) is 126 Å². The van der Waals surface area contributed by atoms with Gasteiger partial charge in [0.15, 0.2) is 18.3 Å². The Bertz CT molecular complexity index is 2660. The zero-order valence-corrected chi connectivity index (χ0v) is 45.0. The van der Waals surface area contributed by atoms with E-state index in [0.717, 1.165) is 48.9 Å². The van der Waals surface area contributed by atoms with Gasteiger partial charge in [-0.15, -0.1) is 0 Å².